The first-order valence-electron chi connectivity index (χ1n) is 6.04. The van der Waals surface area contributed by atoms with Gasteiger partial charge < -0.3 is 9.84 Å². The minimum absolute atomic E-state index is 0.153. The molecular formula is C15H12BrClO2. The summed E-state index contributed by atoms with van der Waals surface area (Å²) < 4.78 is 6.97. The van der Waals surface area contributed by atoms with Crippen molar-refractivity contribution < 1.29 is 9.84 Å². The van der Waals surface area contributed by atoms with E-state index in [2.05, 4.69) is 15.9 Å². The Hall–Kier alpha value is -1.03. The molecule has 4 heteroatoms. The van der Waals surface area contributed by atoms with E-state index in [0.717, 1.165) is 15.6 Å². The van der Waals surface area contributed by atoms with Crippen molar-refractivity contribution in [2.45, 2.75) is 18.6 Å². The first-order valence-corrected chi connectivity index (χ1v) is 7.21. The van der Waals surface area contributed by atoms with E-state index in [4.69, 9.17) is 16.3 Å². The van der Waals surface area contributed by atoms with Crippen molar-refractivity contribution >= 4 is 27.5 Å². The summed E-state index contributed by atoms with van der Waals surface area (Å²) in [4.78, 5) is 0. The predicted molar refractivity (Wildman–Crippen MR) is 78.5 cm³/mol. The van der Waals surface area contributed by atoms with E-state index in [0.29, 0.717) is 17.2 Å². The van der Waals surface area contributed by atoms with E-state index >= 15 is 0 Å². The minimum Gasteiger partial charge on any atom is -0.485 e. The van der Waals surface area contributed by atoms with Crippen LogP contribution in [0.15, 0.2) is 46.9 Å². The standard InChI is InChI=1S/C15H12BrClO2/c16-12-4-2-1-3-10(12)15-8-13(18)11-7-9(17)5-6-14(11)19-15/h1-7,13,15,18H,8H2. The van der Waals surface area contributed by atoms with Gasteiger partial charge in [-0.15, -0.1) is 0 Å². The monoisotopic (exact) mass is 338 g/mol. The molecule has 1 heterocycles. The zero-order valence-electron chi connectivity index (χ0n) is 10.0. The molecule has 1 N–H and O–H groups in total. The highest BCUT2D eigenvalue weighted by molar-refractivity contribution is 9.10. The van der Waals surface area contributed by atoms with Gasteiger partial charge in [0.2, 0.25) is 0 Å². The highest BCUT2D eigenvalue weighted by Crippen LogP contribution is 2.43. The molecule has 0 spiro atoms. The maximum absolute atomic E-state index is 10.3. The number of hydrogen-bond acceptors (Lipinski definition) is 2. The molecule has 3 rings (SSSR count). The molecule has 2 aromatic rings. The second-order valence-electron chi connectivity index (χ2n) is 4.56. The molecule has 2 aromatic carbocycles. The van der Waals surface area contributed by atoms with Crippen molar-refractivity contribution in [2.24, 2.45) is 0 Å². The lowest BCUT2D eigenvalue weighted by Crippen LogP contribution is -2.19. The molecule has 0 radical (unpaired) electrons. The van der Waals surface area contributed by atoms with Crippen molar-refractivity contribution in [3.05, 3.63) is 63.1 Å². The van der Waals surface area contributed by atoms with Crippen LogP contribution in [0.25, 0.3) is 0 Å². The molecule has 1 aliphatic rings. The zero-order chi connectivity index (χ0) is 13.4. The lowest BCUT2D eigenvalue weighted by atomic mass is 9.95. The lowest BCUT2D eigenvalue weighted by molar-refractivity contribution is 0.0654. The summed E-state index contributed by atoms with van der Waals surface area (Å²) in [6.45, 7) is 0. The summed E-state index contributed by atoms with van der Waals surface area (Å²) in [6.07, 6.45) is -0.186. The van der Waals surface area contributed by atoms with Crippen LogP contribution in [0.4, 0.5) is 0 Å². The molecule has 0 aliphatic carbocycles. The second-order valence-corrected chi connectivity index (χ2v) is 5.85. The van der Waals surface area contributed by atoms with Gasteiger partial charge in [-0.3, -0.25) is 0 Å². The maximum Gasteiger partial charge on any atom is 0.128 e. The Bertz CT molecular complexity index is 615. The Kier molecular flexibility index (Phi) is 3.52. The quantitative estimate of drug-likeness (QED) is 0.819. The summed E-state index contributed by atoms with van der Waals surface area (Å²) >= 11 is 9.47. The van der Waals surface area contributed by atoms with E-state index in [1.165, 1.54) is 0 Å². The second kappa shape index (κ2) is 5.16. The van der Waals surface area contributed by atoms with E-state index in [-0.39, 0.29) is 6.10 Å². The van der Waals surface area contributed by atoms with Crippen LogP contribution >= 0.6 is 27.5 Å². The molecule has 0 aromatic heterocycles. The number of hydrogen-bond donors (Lipinski definition) is 1. The van der Waals surface area contributed by atoms with Crippen LogP contribution in [0.2, 0.25) is 5.02 Å². The average Bonchev–Trinajstić information content (AvgIpc) is 2.40. The van der Waals surface area contributed by atoms with Gasteiger partial charge in [-0.2, -0.15) is 0 Å². The average molecular weight is 340 g/mol. The smallest absolute Gasteiger partial charge is 0.128 e. The van der Waals surface area contributed by atoms with Gasteiger partial charge in [0.05, 0.1) is 6.10 Å². The zero-order valence-corrected chi connectivity index (χ0v) is 12.4. The first kappa shape index (κ1) is 13.0. The number of aliphatic hydroxyl groups excluding tert-OH is 1. The van der Waals surface area contributed by atoms with Gasteiger partial charge in [0.25, 0.3) is 0 Å². The van der Waals surface area contributed by atoms with Crippen molar-refractivity contribution in [2.75, 3.05) is 0 Å². The van der Waals surface area contributed by atoms with Crippen molar-refractivity contribution in [3.8, 4) is 5.75 Å². The van der Waals surface area contributed by atoms with Crippen LogP contribution in [0, 0.1) is 0 Å². The fourth-order valence-electron chi connectivity index (χ4n) is 2.34. The molecule has 2 unspecified atom stereocenters. The van der Waals surface area contributed by atoms with Gasteiger partial charge in [-0.25, -0.2) is 0 Å². The number of fused-ring (bicyclic) bond motifs is 1. The Labute approximate surface area is 125 Å². The van der Waals surface area contributed by atoms with E-state index in [9.17, 15) is 5.11 Å². The van der Waals surface area contributed by atoms with Gasteiger partial charge >= 0.3 is 0 Å². The van der Waals surface area contributed by atoms with Crippen molar-refractivity contribution in [3.63, 3.8) is 0 Å². The Balaban J connectivity index is 1.97. The molecule has 1 aliphatic heterocycles. The van der Waals surface area contributed by atoms with Crippen LogP contribution < -0.4 is 4.74 Å². The van der Waals surface area contributed by atoms with Gasteiger partial charge in [0.15, 0.2) is 0 Å². The molecular weight excluding hydrogens is 328 g/mol. The lowest BCUT2D eigenvalue weighted by Gasteiger charge is -2.30. The first-order chi connectivity index (χ1) is 9.15. The predicted octanol–water partition coefficient (Wildman–Crippen LogP) is 4.66. The summed E-state index contributed by atoms with van der Waals surface area (Å²) in [5.41, 5.74) is 1.80. The fourth-order valence-corrected chi connectivity index (χ4v) is 3.07. The largest absolute Gasteiger partial charge is 0.485 e. The third-order valence-corrected chi connectivity index (χ3v) is 4.25. The fraction of sp³-hybridized carbons (Fsp3) is 0.200. The summed E-state index contributed by atoms with van der Waals surface area (Å²) in [7, 11) is 0. The number of benzene rings is 2. The van der Waals surface area contributed by atoms with Crippen molar-refractivity contribution in [1.29, 1.82) is 0 Å². The Morgan fingerprint density at radius 3 is 2.74 bits per heavy atom. The van der Waals surface area contributed by atoms with Crippen LogP contribution in [0.5, 0.6) is 5.75 Å². The number of halogens is 2. The highest BCUT2D eigenvalue weighted by atomic mass is 79.9. The van der Waals surface area contributed by atoms with E-state index in [1.807, 2.05) is 30.3 Å². The molecule has 0 saturated heterocycles. The molecule has 0 amide bonds. The van der Waals surface area contributed by atoms with Crippen molar-refractivity contribution in [1.82, 2.24) is 0 Å². The molecule has 98 valence electrons. The minimum atomic E-state index is -0.556. The maximum atomic E-state index is 10.3. The molecule has 0 saturated carbocycles. The molecule has 2 nitrogen and oxygen atoms in total. The molecule has 19 heavy (non-hydrogen) atoms. The summed E-state index contributed by atoms with van der Waals surface area (Å²) in [5.74, 6) is 0.698. The third-order valence-electron chi connectivity index (χ3n) is 3.29. The highest BCUT2D eigenvalue weighted by Gasteiger charge is 2.29. The number of aliphatic hydroxyl groups is 1. The summed E-state index contributed by atoms with van der Waals surface area (Å²) in [6, 6.07) is 13.2. The molecule has 0 fully saturated rings. The van der Waals surface area contributed by atoms with Crippen LogP contribution in [-0.2, 0) is 0 Å². The van der Waals surface area contributed by atoms with Crippen LogP contribution in [0.3, 0.4) is 0 Å². The van der Waals surface area contributed by atoms with E-state index < -0.39 is 6.10 Å². The number of ether oxygens (including phenoxy) is 1. The third kappa shape index (κ3) is 2.50. The Morgan fingerprint density at radius 2 is 1.95 bits per heavy atom. The summed E-state index contributed by atoms with van der Waals surface area (Å²) in [5, 5.41) is 10.9. The van der Waals surface area contributed by atoms with Gasteiger partial charge in [0, 0.05) is 27.0 Å². The topological polar surface area (TPSA) is 29.5 Å². The van der Waals surface area contributed by atoms with Crippen LogP contribution in [0.1, 0.15) is 29.8 Å². The van der Waals surface area contributed by atoms with Gasteiger partial charge in [-0.05, 0) is 24.3 Å². The Morgan fingerprint density at radius 1 is 1.16 bits per heavy atom. The molecule has 2 atom stereocenters. The normalized spacial score (nSPS) is 21.6. The SMILES string of the molecule is OC1CC(c2ccccc2Br)Oc2ccc(Cl)cc21. The van der Waals surface area contributed by atoms with Gasteiger partial charge in [-0.1, -0.05) is 45.7 Å². The molecule has 0 bridgehead atoms. The van der Waals surface area contributed by atoms with E-state index in [1.54, 1.807) is 12.1 Å². The van der Waals surface area contributed by atoms with Crippen LogP contribution in [-0.4, -0.2) is 5.11 Å². The number of rotatable bonds is 1. The van der Waals surface area contributed by atoms with Gasteiger partial charge in [0.1, 0.15) is 11.9 Å².